The minimum absolute atomic E-state index is 0.384. The molecule has 0 aromatic rings. The standard InChI is InChI=1S/C26H41NO3/c1-6-11-21(22-12-10-14-27-22)19(4)25-26(30-17-16-29-25)24(18(3)7-2)20(5)23-13-8-9-15-28-23/h18,27H,6-17H2,1-5H3/b22-21-,23-20-,25-19-,26-24-. The summed E-state index contributed by atoms with van der Waals surface area (Å²) in [6, 6.07) is 0. The second-order valence-electron chi connectivity index (χ2n) is 8.79. The Labute approximate surface area is 183 Å². The molecule has 168 valence electrons. The fourth-order valence-corrected chi connectivity index (χ4v) is 4.77. The first-order valence-corrected chi connectivity index (χ1v) is 12.1. The minimum atomic E-state index is 0.384. The molecule has 0 aromatic heterocycles. The van der Waals surface area contributed by atoms with Crippen molar-refractivity contribution in [3.63, 3.8) is 0 Å². The molecule has 4 heteroatoms. The zero-order chi connectivity index (χ0) is 21.5. The molecule has 1 unspecified atom stereocenters. The summed E-state index contributed by atoms with van der Waals surface area (Å²) < 4.78 is 18.8. The average molecular weight is 416 g/mol. The van der Waals surface area contributed by atoms with Gasteiger partial charge in [-0.05, 0) is 75.0 Å². The molecule has 4 nitrogen and oxygen atoms in total. The molecule has 3 saturated heterocycles. The first kappa shape index (κ1) is 22.8. The molecular weight excluding hydrogens is 374 g/mol. The number of hydrogen-bond donors (Lipinski definition) is 1. The van der Waals surface area contributed by atoms with Gasteiger partial charge in [0, 0.05) is 24.2 Å². The summed E-state index contributed by atoms with van der Waals surface area (Å²) >= 11 is 0. The Morgan fingerprint density at radius 2 is 1.67 bits per heavy atom. The van der Waals surface area contributed by atoms with Gasteiger partial charge in [-0.15, -0.1) is 0 Å². The van der Waals surface area contributed by atoms with E-state index in [1.54, 1.807) is 0 Å². The van der Waals surface area contributed by atoms with Gasteiger partial charge in [0.15, 0.2) is 11.5 Å². The zero-order valence-corrected chi connectivity index (χ0v) is 19.8. The van der Waals surface area contributed by atoms with E-state index in [0.717, 1.165) is 69.0 Å². The summed E-state index contributed by atoms with van der Waals surface area (Å²) in [5, 5.41) is 3.62. The number of hydrogen-bond acceptors (Lipinski definition) is 4. The van der Waals surface area contributed by atoms with Gasteiger partial charge in [-0.1, -0.05) is 27.2 Å². The van der Waals surface area contributed by atoms with E-state index in [0.29, 0.717) is 19.1 Å². The smallest absolute Gasteiger partial charge is 0.165 e. The lowest BCUT2D eigenvalue weighted by Gasteiger charge is -2.30. The lowest BCUT2D eigenvalue weighted by Crippen LogP contribution is -2.21. The summed E-state index contributed by atoms with van der Waals surface area (Å²) in [5.41, 5.74) is 6.56. The third kappa shape index (κ3) is 5.07. The highest BCUT2D eigenvalue weighted by Gasteiger charge is 2.29. The van der Waals surface area contributed by atoms with Crippen molar-refractivity contribution in [2.75, 3.05) is 26.4 Å². The van der Waals surface area contributed by atoms with Gasteiger partial charge in [0.25, 0.3) is 0 Å². The lowest BCUT2D eigenvalue weighted by molar-refractivity contribution is 0.0549. The van der Waals surface area contributed by atoms with E-state index in [1.807, 2.05) is 0 Å². The van der Waals surface area contributed by atoms with Crippen LogP contribution in [0.2, 0.25) is 0 Å². The van der Waals surface area contributed by atoms with Crippen molar-refractivity contribution in [1.29, 1.82) is 0 Å². The molecule has 3 heterocycles. The van der Waals surface area contributed by atoms with Gasteiger partial charge in [0.1, 0.15) is 13.2 Å². The molecule has 0 amide bonds. The van der Waals surface area contributed by atoms with E-state index >= 15 is 0 Å². The van der Waals surface area contributed by atoms with Crippen molar-refractivity contribution < 1.29 is 14.2 Å². The highest BCUT2D eigenvalue weighted by Crippen LogP contribution is 2.38. The minimum Gasteiger partial charge on any atom is -0.498 e. The Bertz CT molecular complexity index is 725. The van der Waals surface area contributed by atoms with Gasteiger partial charge in [-0.25, -0.2) is 0 Å². The normalized spacial score (nSPS) is 27.2. The Kier molecular flexibility index (Phi) is 8.35. The Balaban J connectivity index is 2.15. The summed E-state index contributed by atoms with van der Waals surface area (Å²) in [4.78, 5) is 0. The molecule has 0 aliphatic carbocycles. The van der Waals surface area contributed by atoms with Crippen molar-refractivity contribution >= 4 is 0 Å². The van der Waals surface area contributed by atoms with Gasteiger partial charge >= 0.3 is 0 Å². The topological polar surface area (TPSA) is 39.7 Å². The van der Waals surface area contributed by atoms with Crippen LogP contribution in [0.1, 0.15) is 86.0 Å². The zero-order valence-electron chi connectivity index (χ0n) is 19.8. The van der Waals surface area contributed by atoms with E-state index in [-0.39, 0.29) is 0 Å². The number of ether oxygens (including phenoxy) is 3. The molecule has 30 heavy (non-hydrogen) atoms. The van der Waals surface area contributed by atoms with Crippen LogP contribution in [0, 0.1) is 5.92 Å². The van der Waals surface area contributed by atoms with E-state index < -0.39 is 0 Å². The predicted octanol–water partition coefficient (Wildman–Crippen LogP) is 6.52. The maximum atomic E-state index is 6.36. The van der Waals surface area contributed by atoms with E-state index in [1.165, 1.54) is 40.8 Å². The Morgan fingerprint density at radius 1 is 0.900 bits per heavy atom. The first-order chi connectivity index (χ1) is 14.6. The van der Waals surface area contributed by atoms with E-state index in [4.69, 9.17) is 14.2 Å². The number of nitrogens with one attached hydrogen (secondary N) is 1. The van der Waals surface area contributed by atoms with Gasteiger partial charge in [-0.3, -0.25) is 0 Å². The SMILES string of the molecule is CCCC(=C1\CCCN1)/C(C)=C1\OCCO\C1=C(/C(C)=C1/CCCCO1)C(C)CC. The summed E-state index contributed by atoms with van der Waals surface area (Å²) in [6.07, 6.45) is 8.97. The largest absolute Gasteiger partial charge is 0.498 e. The third-order valence-corrected chi connectivity index (χ3v) is 6.63. The highest BCUT2D eigenvalue weighted by atomic mass is 16.6. The monoisotopic (exact) mass is 415 g/mol. The molecule has 3 fully saturated rings. The lowest BCUT2D eigenvalue weighted by atomic mass is 9.87. The third-order valence-electron chi connectivity index (χ3n) is 6.63. The molecule has 0 spiro atoms. The van der Waals surface area contributed by atoms with Crippen LogP contribution >= 0.6 is 0 Å². The molecule has 1 atom stereocenters. The first-order valence-electron chi connectivity index (χ1n) is 12.1. The van der Waals surface area contributed by atoms with Crippen LogP contribution in [0.4, 0.5) is 0 Å². The maximum absolute atomic E-state index is 6.36. The molecule has 0 saturated carbocycles. The van der Waals surface area contributed by atoms with Crippen molar-refractivity contribution in [2.45, 2.75) is 86.0 Å². The van der Waals surface area contributed by atoms with Crippen LogP contribution in [0.25, 0.3) is 0 Å². The van der Waals surface area contributed by atoms with Crippen molar-refractivity contribution in [3.8, 4) is 0 Å². The van der Waals surface area contributed by atoms with E-state index in [2.05, 4.69) is 39.9 Å². The van der Waals surface area contributed by atoms with Crippen LogP contribution in [0.5, 0.6) is 0 Å². The molecule has 3 rings (SSSR count). The number of allylic oxidation sites excluding steroid dienone is 6. The maximum Gasteiger partial charge on any atom is 0.165 e. The summed E-state index contributed by atoms with van der Waals surface area (Å²) in [6.45, 7) is 14.3. The van der Waals surface area contributed by atoms with Gasteiger partial charge in [0.2, 0.25) is 0 Å². The van der Waals surface area contributed by atoms with Crippen molar-refractivity contribution in [2.24, 2.45) is 5.92 Å². The quantitative estimate of drug-likeness (QED) is 0.536. The van der Waals surface area contributed by atoms with Gasteiger partial charge in [0.05, 0.1) is 12.4 Å². The second kappa shape index (κ2) is 11.0. The molecule has 3 aliphatic rings. The van der Waals surface area contributed by atoms with Crippen LogP contribution in [-0.4, -0.2) is 26.4 Å². The number of rotatable bonds is 6. The fourth-order valence-electron chi connectivity index (χ4n) is 4.77. The molecule has 0 aromatic carbocycles. The van der Waals surface area contributed by atoms with Gasteiger partial charge in [-0.2, -0.15) is 0 Å². The summed E-state index contributed by atoms with van der Waals surface area (Å²) in [5.74, 6) is 3.41. The van der Waals surface area contributed by atoms with Crippen LogP contribution in [-0.2, 0) is 14.2 Å². The van der Waals surface area contributed by atoms with E-state index in [9.17, 15) is 0 Å². The molecule has 3 aliphatic heterocycles. The van der Waals surface area contributed by atoms with Crippen LogP contribution in [0.15, 0.2) is 45.3 Å². The Hall–Kier alpha value is -1.84. The van der Waals surface area contributed by atoms with Crippen molar-refractivity contribution in [1.82, 2.24) is 5.32 Å². The predicted molar refractivity (Wildman–Crippen MR) is 123 cm³/mol. The second-order valence-corrected chi connectivity index (χ2v) is 8.79. The molecule has 1 N–H and O–H groups in total. The highest BCUT2D eigenvalue weighted by molar-refractivity contribution is 5.48. The average Bonchev–Trinajstić information content (AvgIpc) is 3.32. The summed E-state index contributed by atoms with van der Waals surface area (Å²) in [7, 11) is 0. The van der Waals surface area contributed by atoms with Crippen LogP contribution in [0.3, 0.4) is 0 Å². The molecule has 0 radical (unpaired) electrons. The molecular formula is C26H41NO3. The fraction of sp³-hybridized carbons (Fsp3) is 0.692. The van der Waals surface area contributed by atoms with Gasteiger partial charge < -0.3 is 19.5 Å². The molecule has 0 bridgehead atoms. The van der Waals surface area contributed by atoms with Crippen LogP contribution < -0.4 is 5.32 Å². The van der Waals surface area contributed by atoms with Crippen molar-refractivity contribution in [3.05, 3.63) is 45.3 Å². The Morgan fingerprint density at radius 3 is 2.27 bits per heavy atom.